The SMILES string of the molecule is C[PH+](c1nc2ccccc2nc1[PH+](C)C(C)(C)C)C(C)(C)C.C[PH+](c1nc2ccccc2nc1[PH+](C)C(C)(C)C)C(C)(C)C.S.S.S.S.[Au].[Cl-]. The molecule has 4 atom stereocenters. The fourth-order valence-electron chi connectivity index (χ4n) is 4.47. The van der Waals surface area contributed by atoms with E-state index in [1.54, 1.807) is 0 Å². The Morgan fingerprint density at radius 1 is 0.360 bits per heavy atom. The predicted octanol–water partition coefficient (Wildman–Crippen LogP) is 5.78. The van der Waals surface area contributed by atoms with Crippen LogP contribution >= 0.6 is 85.7 Å². The average molecular weight is 1040 g/mol. The van der Waals surface area contributed by atoms with Gasteiger partial charge in [0.2, 0.25) is 21.7 Å². The van der Waals surface area contributed by atoms with Gasteiger partial charge in [-0.25, -0.2) is 19.9 Å². The van der Waals surface area contributed by atoms with E-state index in [9.17, 15) is 0 Å². The minimum Gasteiger partial charge on any atom is -1.00 e. The molecule has 50 heavy (non-hydrogen) atoms. The van der Waals surface area contributed by atoms with Crippen molar-refractivity contribution in [2.75, 3.05) is 26.7 Å². The van der Waals surface area contributed by atoms with Crippen LogP contribution in [0.5, 0.6) is 0 Å². The zero-order valence-corrected chi connectivity index (χ0v) is 44.0. The fourth-order valence-corrected chi connectivity index (χ4v) is 12.4. The third kappa shape index (κ3) is 15.1. The van der Waals surface area contributed by atoms with E-state index in [1.165, 1.54) is 21.7 Å². The van der Waals surface area contributed by atoms with Gasteiger partial charge in [-0.1, -0.05) is 24.3 Å². The third-order valence-corrected chi connectivity index (χ3v) is 22.8. The molecule has 1 radical (unpaired) electrons. The average Bonchev–Trinajstić information content (AvgIpc) is 2.92. The molecule has 0 saturated heterocycles. The number of hydrogen-bond donors (Lipinski definition) is 0. The molecule has 0 aliphatic carbocycles. The van der Waals surface area contributed by atoms with Crippen LogP contribution in [-0.2, 0) is 22.4 Å². The van der Waals surface area contributed by atoms with Crippen LogP contribution in [0.4, 0.5) is 0 Å². The third-order valence-electron chi connectivity index (χ3n) is 9.06. The quantitative estimate of drug-likeness (QED) is 0.192. The molecule has 4 unspecified atom stereocenters. The first-order chi connectivity index (χ1) is 20.0. The second kappa shape index (κ2) is 22.7. The first-order valence-electron chi connectivity index (χ1n) is 15.9. The van der Waals surface area contributed by atoms with Gasteiger partial charge in [-0.15, -0.1) is 0 Å². The Morgan fingerprint density at radius 2 is 0.500 bits per heavy atom. The number of nitrogens with zero attached hydrogens (tertiary/aromatic N) is 4. The van der Waals surface area contributed by atoms with Gasteiger partial charge in [-0.05, 0) is 107 Å². The molecule has 2 aromatic heterocycles. The van der Waals surface area contributed by atoms with Gasteiger partial charge in [0.05, 0.1) is 101 Å². The maximum atomic E-state index is 5.08. The summed E-state index contributed by atoms with van der Waals surface area (Å²) in [5, 5.41) is 1.15. The number of rotatable bonds is 4. The van der Waals surface area contributed by atoms with E-state index in [-0.39, 0.29) is 109 Å². The van der Waals surface area contributed by atoms with Gasteiger partial charge in [0.25, 0.3) is 0 Å². The van der Waals surface area contributed by atoms with Gasteiger partial charge >= 0.3 is 0 Å². The second-order valence-electron chi connectivity index (χ2n) is 16.3. The van der Waals surface area contributed by atoms with Crippen LogP contribution in [-0.4, -0.2) is 67.2 Å². The molecule has 0 spiro atoms. The van der Waals surface area contributed by atoms with Gasteiger partial charge in [0.15, 0.2) is 0 Å². The number of hydrogen-bond acceptors (Lipinski definition) is 4. The van der Waals surface area contributed by atoms with Crippen molar-refractivity contribution in [1.82, 2.24) is 19.9 Å². The smallest absolute Gasteiger partial charge is 0.242 e. The monoisotopic (exact) mass is 1040 g/mol. The largest absolute Gasteiger partial charge is 1.00 e. The number of benzene rings is 2. The molecule has 2 heterocycles. The van der Waals surface area contributed by atoms with E-state index < -0.39 is 31.7 Å². The van der Waals surface area contributed by atoms with Gasteiger partial charge in [-0.2, -0.15) is 54.0 Å². The van der Waals surface area contributed by atoms with E-state index in [0.717, 1.165) is 22.1 Å². The summed E-state index contributed by atoms with van der Waals surface area (Å²) in [5.74, 6) is 0. The maximum absolute atomic E-state index is 5.08. The van der Waals surface area contributed by atoms with Gasteiger partial charge in [-0.3, -0.25) is 0 Å². The van der Waals surface area contributed by atoms with E-state index in [2.05, 4.69) is 158 Å². The number of aromatic nitrogens is 4. The molecule has 0 aliphatic heterocycles. The minimum atomic E-state index is -0.755. The predicted molar refractivity (Wildman–Crippen MR) is 255 cm³/mol. The minimum absolute atomic E-state index is 0. The van der Waals surface area contributed by atoms with Crippen LogP contribution in [0.1, 0.15) is 83.1 Å². The van der Waals surface area contributed by atoms with Crippen LogP contribution in [0.25, 0.3) is 22.1 Å². The van der Waals surface area contributed by atoms with Crippen LogP contribution < -0.4 is 34.1 Å². The van der Waals surface area contributed by atoms with E-state index >= 15 is 0 Å². The first kappa shape index (κ1) is 58.0. The van der Waals surface area contributed by atoms with Crippen molar-refractivity contribution in [3.05, 3.63) is 48.5 Å². The molecule has 291 valence electrons. The van der Waals surface area contributed by atoms with E-state index in [0.29, 0.717) is 0 Å². The van der Waals surface area contributed by atoms with Crippen LogP contribution in [0.2, 0.25) is 0 Å². The molecule has 0 saturated carbocycles. The summed E-state index contributed by atoms with van der Waals surface area (Å²) in [6.45, 7) is 37.6. The zero-order valence-electron chi connectivity index (χ0n) is 33.1. The van der Waals surface area contributed by atoms with Crippen molar-refractivity contribution < 1.29 is 34.8 Å². The van der Waals surface area contributed by atoms with E-state index in [1.807, 2.05) is 0 Å². The molecule has 0 N–H and O–H groups in total. The molecule has 0 fully saturated rings. The Kier molecular flexibility index (Phi) is 26.4. The zero-order chi connectivity index (χ0) is 33.4. The van der Waals surface area contributed by atoms with Crippen molar-refractivity contribution >= 4 is 129 Å². The molecule has 2 aromatic carbocycles. The summed E-state index contributed by atoms with van der Waals surface area (Å²) in [5.41, 5.74) is 9.39. The van der Waals surface area contributed by atoms with Crippen molar-refractivity contribution in [3.63, 3.8) is 0 Å². The topological polar surface area (TPSA) is 51.6 Å². The van der Waals surface area contributed by atoms with Crippen molar-refractivity contribution in [3.8, 4) is 0 Å². The molecule has 4 rings (SSSR count). The van der Waals surface area contributed by atoms with Crippen molar-refractivity contribution in [2.24, 2.45) is 0 Å². The summed E-state index contributed by atoms with van der Waals surface area (Å²) >= 11 is 0. The number of halogens is 1. The van der Waals surface area contributed by atoms with E-state index in [4.69, 9.17) is 19.9 Å². The molecule has 4 nitrogen and oxygen atoms in total. The van der Waals surface area contributed by atoms with Crippen LogP contribution in [0.15, 0.2) is 48.5 Å². The summed E-state index contributed by atoms with van der Waals surface area (Å²) in [6.07, 6.45) is 0. The van der Waals surface area contributed by atoms with Crippen molar-refractivity contribution in [1.29, 1.82) is 0 Å². The Morgan fingerprint density at radius 3 is 0.620 bits per heavy atom. The number of fused-ring (bicyclic) bond motifs is 2. The number of para-hydroxylation sites is 4. The molecular formula is C36H68AuClN4P4S4+3. The molecule has 0 aliphatic rings. The molecular weight excluding hydrogens is 973 g/mol. The first-order valence-corrected chi connectivity index (χ1v) is 23.9. The second-order valence-corrected chi connectivity index (χ2v) is 29.2. The Bertz CT molecular complexity index is 1370. The van der Waals surface area contributed by atoms with Gasteiger partial charge < -0.3 is 12.4 Å². The summed E-state index contributed by atoms with van der Waals surface area (Å²) in [4.78, 5) is 20.3. The normalized spacial score (nSPS) is 13.9. The van der Waals surface area contributed by atoms with Gasteiger partial charge in [0.1, 0.15) is 0 Å². The summed E-state index contributed by atoms with van der Waals surface area (Å²) < 4.78 is 0. The standard InChI is InChI=1S/2C18H28N2P2.Au.ClH.4H2S/c2*1-17(2,3)21(7)15-16(22(8)18(4,5)6)20-14-12-10-9-11-13(14)19-15;;;;;;/h2*9-12H,1-8H3;;1H;4*1H2/p+3. The Labute approximate surface area is 360 Å². The molecule has 14 heteroatoms. The Balaban J connectivity index is -0.000000378. The molecule has 4 aromatic rings. The Hall–Kier alpha value is 1.27. The molecule has 0 bridgehead atoms. The van der Waals surface area contributed by atoms with Crippen LogP contribution in [0.3, 0.4) is 0 Å². The van der Waals surface area contributed by atoms with Crippen molar-refractivity contribution in [2.45, 2.75) is 104 Å². The fraction of sp³-hybridized carbons (Fsp3) is 0.556. The summed E-state index contributed by atoms with van der Waals surface area (Å²) in [7, 11) is -3.02. The molecule has 0 amide bonds. The maximum Gasteiger partial charge on any atom is 0.242 e. The van der Waals surface area contributed by atoms with Crippen LogP contribution in [0, 0.1) is 0 Å². The summed E-state index contributed by atoms with van der Waals surface area (Å²) in [6, 6.07) is 16.6. The van der Waals surface area contributed by atoms with Gasteiger partial charge in [0, 0.05) is 22.4 Å².